The van der Waals surface area contributed by atoms with Gasteiger partial charge in [-0.25, -0.2) is 0 Å². The van der Waals surface area contributed by atoms with Gasteiger partial charge < -0.3 is 10.1 Å². The van der Waals surface area contributed by atoms with Gasteiger partial charge in [0.2, 0.25) is 5.91 Å². The van der Waals surface area contributed by atoms with E-state index in [4.69, 9.17) is 4.74 Å². The van der Waals surface area contributed by atoms with Crippen molar-refractivity contribution < 1.29 is 14.5 Å². The van der Waals surface area contributed by atoms with Gasteiger partial charge in [-0.2, -0.15) is 0 Å². The van der Waals surface area contributed by atoms with Gasteiger partial charge in [-0.15, -0.1) is 0 Å². The summed E-state index contributed by atoms with van der Waals surface area (Å²) in [6.45, 7) is 3.79. The van der Waals surface area contributed by atoms with Crippen molar-refractivity contribution in [3.63, 3.8) is 0 Å². The van der Waals surface area contributed by atoms with Crippen molar-refractivity contribution >= 4 is 17.3 Å². The normalized spacial score (nSPS) is 9.76. The highest BCUT2D eigenvalue weighted by atomic mass is 16.6. The Morgan fingerprint density at radius 1 is 1.47 bits per heavy atom. The summed E-state index contributed by atoms with van der Waals surface area (Å²) in [6, 6.07) is 4.25. The molecule has 0 fully saturated rings. The maximum Gasteiger partial charge on any atom is 0.311 e. The molecule has 0 aliphatic heterocycles. The average molecular weight is 238 g/mol. The standard InChI is InChI=1S/C11H14N2O4/c1-3-11(14)12-8-5-6-9(13(15)16)10(7-8)17-4-2/h5-7H,3-4H2,1-2H3,(H,12,14). The van der Waals surface area contributed by atoms with Gasteiger partial charge in [-0.1, -0.05) is 6.92 Å². The number of ether oxygens (including phenoxy) is 1. The van der Waals surface area contributed by atoms with Crippen molar-refractivity contribution in [2.75, 3.05) is 11.9 Å². The van der Waals surface area contributed by atoms with Gasteiger partial charge in [0.15, 0.2) is 5.75 Å². The molecule has 1 aromatic rings. The highest BCUT2D eigenvalue weighted by Gasteiger charge is 2.15. The Morgan fingerprint density at radius 3 is 2.71 bits per heavy atom. The Hall–Kier alpha value is -2.11. The number of hydrogen-bond acceptors (Lipinski definition) is 4. The number of hydrogen-bond donors (Lipinski definition) is 1. The first-order valence-corrected chi connectivity index (χ1v) is 5.29. The molecule has 0 aliphatic carbocycles. The number of benzene rings is 1. The van der Waals surface area contributed by atoms with Crippen LogP contribution in [-0.2, 0) is 4.79 Å². The van der Waals surface area contributed by atoms with Crippen LogP contribution in [0, 0.1) is 10.1 Å². The second-order valence-electron chi connectivity index (χ2n) is 3.27. The number of nitrogens with one attached hydrogen (secondary N) is 1. The first kappa shape index (κ1) is 13.0. The van der Waals surface area contributed by atoms with E-state index in [9.17, 15) is 14.9 Å². The van der Waals surface area contributed by atoms with Crippen molar-refractivity contribution in [3.8, 4) is 5.75 Å². The fourth-order valence-corrected chi connectivity index (χ4v) is 1.26. The molecule has 0 unspecified atom stereocenters. The number of nitro benzene ring substituents is 1. The molecule has 0 radical (unpaired) electrons. The monoisotopic (exact) mass is 238 g/mol. The largest absolute Gasteiger partial charge is 0.487 e. The smallest absolute Gasteiger partial charge is 0.311 e. The molecule has 0 atom stereocenters. The lowest BCUT2D eigenvalue weighted by Gasteiger charge is -2.07. The van der Waals surface area contributed by atoms with Crippen LogP contribution in [0.1, 0.15) is 20.3 Å². The van der Waals surface area contributed by atoms with Crippen molar-refractivity contribution in [2.45, 2.75) is 20.3 Å². The van der Waals surface area contributed by atoms with Gasteiger partial charge in [0.05, 0.1) is 11.5 Å². The number of anilines is 1. The zero-order valence-electron chi connectivity index (χ0n) is 9.73. The molecule has 0 aliphatic rings. The van der Waals surface area contributed by atoms with E-state index in [1.807, 2.05) is 0 Å². The zero-order chi connectivity index (χ0) is 12.8. The van der Waals surface area contributed by atoms with E-state index in [2.05, 4.69) is 5.32 Å². The highest BCUT2D eigenvalue weighted by Crippen LogP contribution is 2.30. The average Bonchev–Trinajstić information content (AvgIpc) is 2.29. The van der Waals surface area contributed by atoms with Crippen molar-refractivity contribution in [2.24, 2.45) is 0 Å². The molecule has 0 spiro atoms. The molecule has 0 bridgehead atoms. The molecule has 1 aromatic carbocycles. The molecule has 6 heteroatoms. The van der Waals surface area contributed by atoms with Crippen LogP contribution in [-0.4, -0.2) is 17.4 Å². The fourth-order valence-electron chi connectivity index (χ4n) is 1.26. The van der Waals surface area contributed by atoms with Crippen LogP contribution in [0.25, 0.3) is 0 Å². The molecule has 6 nitrogen and oxygen atoms in total. The molecule has 0 heterocycles. The summed E-state index contributed by atoms with van der Waals surface area (Å²) in [5, 5.41) is 13.3. The van der Waals surface area contributed by atoms with Crippen LogP contribution in [0.2, 0.25) is 0 Å². The molecule has 1 rings (SSSR count). The van der Waals surface area contributed by atoms with Gasteiger partial charge in [-0.05, 0) is 13.0 Å². The maximum atomic E-state index is 11.2. The Morgan fingerprint density at radius 2 is 2.18 bits per heavy atom. The molecule has 0 saturated heterocycles. The predicted octanol–water partition coefficient (Wildman–Crippen LogP) is 2.34. The molecule has 17 heavy (non-hydrogen) atoms. The molecule has 1 N–H and O–H groups in total. The van der Waals surface area contributed by atoms with Crippen LogP contribution < -0.4 is 10.1 Å². The van der Waals surface area contributed by atoms with E-state index in [0.717, 1.165) is 0 Å². The van der Waals surface area contributed by atoms with Crippen LogP contribution in [0.3, 0.4) is 0 Å². The van der Waals surface area contributed by atoms with Gasteiger partial charge >= 0.3 is 5.69 Å². The van der Waals surface area contributed by atoms with Crippen molar-refractivity contribution in [1.82, 2.24) is 0 Å². The van der Waals surface area contributed by atoms with Gasteiger partial charge in [-0.3, -0.25) is 14.9 Å². The molecule has 92 valence electrons. The fraction of sp³-hybridized carbons (Fsp3) is 0.364. The lowest BCUT2D eigenvalue weighted by atomic mass is 10.2. The Bertz CT molecular complexity index is 431. The van der Waals surface area contributed by atoms with E-state index in [1.165, 1.54) is 18.2 Å². The molecule has 1 amide bonds. The number of rotatable bonds is 5. The Kier molecular flexibility index (Phi) is 4.45. The van der Waals surface area contributed by atoms with E-state index < -0.39 is 4.92 Å². The molecular formula is C11H14N2O4. The van der Waals surface area contributed by atoms with Crippen molar-refractivity contribution in [1.29, 1.82) is 0 Å². The Balaban J connectivity index is 3.00. The number of amides is 1. The summed E-state index contributed by atoms with van der Waals surface area (Å²) in [7, 11) is 0. The summed E-state index contributed by atoms with van der Waals surface area (Å²) in [5.74, 6) is 0.00713. The van der Waals surface area contributed by atoms with Gasteiger partial charge in [0.25, 0.3) is 0 Å². The van der Waals surface area contributed by atoms with Crippen LogP contribution in [0.4, 0.5) is 11.4 Å². The third kappa shape index (κ3) is 3.44. The van der Waals surface area contributed by atoms with E-state index >= 15 is 0 Å². The third-order valence-electron chi connectivity index (χ3n) is 2.06. The minimum absolute atomic E-state index is 0.110. The molecule has 0 saturated carbocycles. The van der Waals surface area contributed by atoms with E-state index in [-0.39, 0.29) is 17.3 Å². The first-order chi connectivity index (χ1) is 8.08. The van der Waals surface area contributed by atoms with Crippen LogP contribution >= 0.6 is 0 Å². The number of carbonyl (C=O) groups is 1. The topological polar surface area (TPSA) is 81.5 Å². The summed E-state index contributed by atoms with van der Waals surface area (Å²) >= 11 is 0. The summed E-state index contributed by atoms with van der Waals surface area (Å²) < 4.78 is 5.16. The third-order valence-corrected chi connectivity index (χ3v) is 2.06. The molecular weight excluding hydrogens is 224 g/mol. The van der Waals surface area contributed by atoms with E-state index in [1.54, 1.807) is 13.8 Å². The second kappa shape index (κ2) is 5.83. The summed E-state index contributed by atoms with van der Waals surface area (Å²) in [4.78, 5) is 21.4. The number of nitrogens with zero attached hydrogens (tertiary/aromatic N) is 1. The second-order valence-corrected chi connectivity index (χ2v) is 3.27. The number of carbonyl (C=O) groups excluding carboxylic acids is 1. The zero-order valence-corrected chi connectivity index (χ0v) is 9.73. The minimum atomic E-state index is -0.517. The van der Waals surface area contributed by atoms with Crippen LogP contribution in [0.5, 0.6) is 5.75 Å². The lowest BCUT2D eigenvalue weighted by Crippen LogP contribution is -2.09. The highest BCUT2D eigenvalue weighted by molar-refractivity contribution is 5.90. The first-order valence-electron chi connectivity index (χ1n) is 5.29. The van der Waals surface area contributed by atoms with Gasteiger partial charge in [0.1, 0.15) is 0 Å². The van der Waals surface area contributed by atoms with Gasteiger partial charge in [0, 0.05) is 24.2 Å². The van der Waals surface area contributed by atoms with Crippen molar-refractivity contribution in [3.05, 3.63) is 28.3 Å². The van der Waals surface area contributed by atoms with E-state index in [0.29, 0.717) is 18.7 Å². The lowest BCUT2D eigenvalue weighted by molar-refractivity contribution is -0.385. The summed E-state index contributed by atoms with van der Waals surface area (Å²) in [6.07, 6.45) is 0.348. The maximum absolute atomic E-state index is 11.2. The Labute approximate surface area is 98.7 Å². The SMILES string of the molecule is CCOc1cc(NC(=O)CC)ccc1[N+](=O)[O-]. The number of nitro groups is 1. The quantitative estimate of drug-likeness (QED) is 0.630. The minimum Gasteiger partial charge on any atom is -0.487 e. The summed E-state index contributed by atoms with van der Waals surface area (Å²) in [5.41, 5.74) is 0.382. The predicted molar refractivity (Wildman–Crippen MR) is 63.2 cm³/mol. The van der Waals surface area contributed by atoms with Crippen LogP contribution in [0.15, 0.2) is 18.2 Å². The molecule has 0 aromatic heterocycles.